The predicted molar refractivity (Wildman–Crippen MR) is 137 cm³/mol. The number of nitrogens with one attached hydrogen (secondary N) is 1. The van der Waals surface area contributed by atoms with Crippen LogP contribution in [-0.4, -0.2) is 72.3 Å². The van der Waals surface area contributed by atoms with Gasteiger partial charge in [-0.15, -0.1) is 24.0 Å². The molecule has 1 aliphatic heterocycles. The summed E-state index contributed by atoms with van der Waals surface area (Å²) in [5.41, 5.74) is 0.514. The largest absolute Gasteiger partial charge is 0.481 e. The second kappa shape index (κ2) is 11.9. The fraction of sp³-hybridized carbons (Fsp3) is 0.696. The summed E-state index contributed by atoms with van der Waals surface area (Å²) in [5, 5.41) is 3.42. The molecule has 1 aromatic rings. The highest BCUT2D eigenvalue weighted by Gasteiger charge is 2.35. The van der Waals surface area contributed by atoms with Crippen molar-refractivity contribution in [3.63, 3.8) is 0 Å². The normalized spacial score (nSPS) is 17.4. The van der Waals surface area contributed by atoms with Gasteiger partial charge in [-0.2, -0.15) is 0 Å². The van der Waals surface area contributed by atoms with Gasteiger partial charge in [0.05, 0.1) is 7.11 Å². The van der Waals surface area contributed by atoms with Gasteiger partial charge in [-0.1, -0.05) is 6.07 Å². The number of piperidine rings is 1. The van der Waals surface area contributed by atoms with E-state index in [4.69, 9.17) is 9.47 Å². The van der Waals surface area contributed by atoms with E-state index in [1.807, 2.05) is 37.8 Å². The number of likely N-dealkylation sites (tertiary alicyclic amines) is 1. The molecule has 1 saturated carbocycles. The highest BCUT2D eigenvalue weighted by Crippen LogP contribution is 2.32. The number of carbonyl (C=O) groups is 1. The zero-order valence-corrected chi connectivity index (χ0v) is 22.3. The number of nitrogens with zero attached hydrogens (tertiary/aromatic N) is 4. The molecule has 0 aromatic carbocycles. The minimum Gasteiger partial charge on any atom is -0.481 e. The van der Waals surface area contributed by atoms with Crippen LogP contribution in [0.2, 0.25) is 0 Å². The van der Waals surface area contributed by atoms with Crippen molar-refractivity contribution in [3.05, 3.63) is 23.9 Å². The van der Waals surface area contributed by atoms with Crippen molar-refractivity contribution < 1.29 is 14.3 Å². The number of aromatic nitrogens is 1. The maximum atomic E-state index is 12.8. The molecule has 9 heteroatoms. The van der Waals surface area contributed by atoms with Crippen molar-refractivity contribution >= 4 is 36.0 Å². The monoisotopic (exact) mass is 559 g/mol. The molecule has 0 unspecified atom stereocenters. The van der Waals surface area contributed by atoms with Crippen LogP contribution in [0.3, 0.4) is 0 Å². The van der Waals surface area contributed by atoms with E-state index in [2.05, 4.69) is 20.2 Å². The number of halogens is 1. The summed E-state index contributed by atoms with van der Waals surface area (Å²) in [6.45, 7) is 8.88. The third kappa shape index (κ3) is 7.67. The lowest BCUT2D eigenvalue weighted by molar-refractivity contribution is 0.00928. The maximum absolute atomic E-state index is 12.8. The summed E-state index contributed by atoms with van der Waals surface area (Å²) in [7, 11) is 3.43. The zero-order chi connectivity index (χ0) is 22.4. The van der Waals surface area contributed by atoms with Crippen molar-refractivity contribution in [2.75, 3.05) is 33.8 Å². The van der Waals surface area contributed by atoms with Crippen LogP contribution in [0.1, 0.15) is 52.0 Å². The highest BCUT2D eigenvalue weighted by molar-refractivity contribution is 14.0. The van der Waals surface area contributed by atoms with Crippen LogP contribution in [0.25, 0.3) is 0 Å². The van der Waals surface area contributed by atoms with Gasteiger partial charge < -0.3 is 24.6 Å². The molecule has 2 heterocycles. The first-order valence-corrected chi connectivity index (χ1v) is 11.2. The van der Waals surface area contributed by atoms with Gasteiger partial charge in [0.25, 0.3) is 0 Å². The van der Waals surface area contributed by atoms with E-state index >= 15 is 0 Å². The van der Waals surface area contributed by atoms with Gasteiger partial charge in [-0.25, -0.2) is 9.78 Å². The van der Waals surface area contributed by atoms with Crippen molar-refractivity contribution in [2.24, 2.45) is 10.9 Å². The Morgan fingerprint density at radius 2 is 1.97 bits per heavy atom. The predicted octanol–water partition coefficient (Wildman–Crippen LogP) is 3.90. The van der Waals surface area contributed by atoms with Crippen molar-refractivity contribution in [3.8, 4) is 5.88 Å². The number of hydrogen-bond acceptors (Lipinski definition) is 5. The summed E-state index contributed by atoms with van der Waals surface area (Å²) >= 11 is 0. The summed E-state index contributed by atoms with van der Waals surface area (Å²) < 4.78 is 11.0. The average Bonchev–Trinajstić information content (AvgIpc) is 3.56. The Morgan fingerprint density at radius 3 is 2.53 bits per heavy atom. The average molecular weight is 559 g/mol. The molecule has 1 saturated heterocycles. The molecule has 0 atom stereocenters. The molecule has 1 aromatic heterocycles. The van der Waals surface area contributed by atoms with E-state index in [-0.39, 0.29) is 36.1 Å². The molecule has 2 aliphatic rings. The van der Waals surface area contributed by atoms with E-state index in [9.17, 15) is 4.79 Å². The van der Waals surface area contributed by atoms with Gasteiger partial charge in [0.1, 0.15) is 5.60 Å². The van der Waals surface area contributed by atoms with Gasteiger partial charge >= 0.3 is 6.09 Å². The lowest BCUT2D eigenvalue weighted by atomic mass is 10.0. The Labute approximate surface area is 209 Å². The Hall–Kier alpha value is -1.78. The van der Waals surface area contributed by atoms with Gasteiger partial charge in [-0.3, -0.25) is 4.99 Å². The van der Waals surface area contributed by atoms with Crippen LogP contribution < -0.4 is 10.1 Å². The number of ether oxygens (including phenoxy) is 2. The van der Waals surface area contributed by atoms with E-state index < -0.39 is 5.60 Å². The molecule has 0 bridgehead atoms. The van der Waals surface area contributed by atoms with Crippen molar-refractivity contribution in [1.82, 2.24) is 20.1 Å². The van der Waals surface area contributed by atoms with E-state index in [0.717, 1.165) is 44.0 Å². The third-order valence-electron chi connectivity index (χ3n) is 5.68. The number of pyridine rings is 1. The van der Waals surface area contributed by atoms with Crippen LogP contribution in [0, 0.1) is 5.92 Å². The Kier molecular flexibility index (Phi) is 9.84. The molecule has 0 spiro atoms. The van der Waals surface area contributed by atoms with Crippen LogP contribution >= 0.6 is 24.0 Å². The second-order valence-electron chi connectivity index (χ2n) is 9.37. The minimum atomic E-state index is -0.473. The number of rotatable bonds is 6. The molecule has 1 aliphatic carbocycles. The quantitative estimate of drug-likeness (QED) is 0.324. The molecular weight excluding hydrogens is 521 g/mol. The molecule has 1 amide bonds. The maximum Gasteiger partial charge on any atom is 0.410 e. The number of hydrogen-bond donors (Lipinski definition) is 1. The summed E-state index contributed by atoms with van der Waals surface area (Å²) in [6, 6.07) is 4.11. The molecule has 8 nitrogen and oxygen atoms in total. The van der Waals surface area contributed by atoms with Crippen LogP contribution in [0.15, 0.2) is 23.3 Å². The fourth-order valence-corrected chi connectivity index (χ4v) is 3.91. The smallest absolute Gasteiger partial charge is 0.410 e. The Balaban J connectivity index is 0.00000363. The molecule has 3 rings (SSSR count). The van der Waals surface area contributed by atoms with Gasteiger partial charge in [0, 0.05) is 51.0 Å². The summed E-state index contributed by atoms with van der Waals surface area (Å²) in [4.78, 5) is 25.8. The number of methoxy groups -OCH3 is 1. The van der Waals surface area contributed by atoms with E-state index in [0.29, 0.717) is 18.3 Å². The first-order chi connectivity index (χ1) is 14.8. The molecule has 1 N–H and O–H groups in total. The molecular formula is C23H38IN5O3. The Bertz CT molecular complexity index is 771. The molecule has 0 radical (unpaired) electrons. The van der Waals surface area contributed by atoms with Gasteiger partial charge in [-0.05, 0) is 58.4 Å². The Morgan fingerprint density at radius 1 is 1.28 bits per heavy atom. The SMILES string of the molecule is CN=C(NCc1cccnc1OC)N1CCC(N(CC2CC2)C(=O)OC(C)(C)C)CC1.I. The first kappa shape index (κ1) is 26.5. The fourth-order valence-electron chi connectivity index (χ4n) is 3.91. The second-order valence-corrected chi connectivity index (χ2v) is 9.37. The summed E-state index contributed by atoms with van der Waals surface area (Å²) in [5.74, 6) is 2.11. The number of amides is 1. The molecule has 180 valence electrons. The topological polar surface area (TPSA) is 79.3 Å². The standard InChI is InChI=1S/C23H37N5O3.HI/c1-23(2,3)31-22(29)28(16-17-8-9-17)19-10-13-27(14-11-19)21(24-4)26-15-18-7-6-12-25-20(18)30-5;/h6-7,12,17,19H,8-11,13-16H2,1-5H3,(H,24,26);1H. The van der Waals surface area contributed by atoms with Crippen LogP contribution in [0.4, 0.5) is 4.79 Å². The van der Waals surface area contributed by atoms with E-state index in [1.54, 1.807) is 20.4 Å². The number of guanidine groups is 1. The highest BCUT2D eigenvalue weighted by atomic mass is 127. The van der Waals surface area contributed by atoms with Crippen molar-refractivity contribution in [2.45, 2.75) is 64.6 Å². The van der Waals surface area contributed by atoms with E-state index in [1.165, 1.54) is 12.8 Å². The summed E-state index contributed by atoms with van der Waals surface area (Å²) in [6.07, 6.45) is 5.79. The number of carbonyl (C=O) groups excluding carboxylic acids is 1. The van der Waals surface area contributed by atoms with Crippen molar-refractivity contribution in [1.29, 1.82) is 0 Å². The van der Waals surface area contributed by atoms with Gasteiger partial charge in [0.15, 0.2) is 5.96 Å². The zero-order valence-electron chi connectivity index (χ0n) is 20.0. The first-order valence-electron chi connectivity index (χ1n) is 11.2. The molecule has 32 heavy (non-hydrogen) atoms. The lowest BCUT2D eigenvalue weighted by Gasteiger charge is -2.40. The number of aliphatic imine (C=N–C) groups is 1. The van der Waals surface area contributed by atoms with Crippen LogP contribution in [0.5, 0.6) is 5.88 Å². The van der Waals surface area contributed by atoms with Gasteiger partial charge in [0.2, 0.25) is 5.88 Å². The molecule has 2 fully saturated rings. The lowest BCUT2D eigenvalue weighted by Crippen LogP contribution is -2.52. The third-order valence-corrected chi connectivity index (χ3v) is 5.68. The van der Waals surface area contributed by atoms with Crippen LogP contribution in [-0.2, 0) is 11.3 Å². The minimum absolute atomic E-state index is 0.